The molecule has 2 rings (SSSR count). The molecule has 1 aromatic rings. The predicted octanol–water partition coefficient (Wildman–Crippen LogP) is 0.657. The predicted molar refractivity (Wildman–Crippen MR) is 64.4 cm³/mol. The van der Waals surface area contributed by atoms with Gasteiger partial charge in [0.15, 0.2) is 0 Å². The first-order chi connectivity index (χ1) is 7.77. The molecule has 88 valence electrons. The molecule has 1 aliphatic rings. The van der Waals surface area contributed by atoms with E-state index in [9.17, 15) is 4.79 Å². The molecule has 0 spiro atoms. The summed E-state index contributed by atoms with van der Waals surface area (Å²) in [6, 6.07) is 0. The third-order valence-corrected chi connectivity index (χ3v) is 3.65. The molecule has 4 nitrogen and oxygen atoms in total. The van der Waals surface area contributed by atoms with Crippen LogP contribution in [0.25, 0.3) is 0 Å². The van der Waals surface area contributed by atoms with Crippen LogP contribution in [0.1, 0.15) is 12.6 Å². The minimum atomic E-state index is 0.135. The maximum atomic E-state index is 11.8. The van der Waals surface area contributed by atoms with Gasteiger partial charge in [-0.3, -0.25) is 4.79 Å². The van der Waals surface area contributed by atoms with Crippen LogP contribution < -0.4 is 10.6 Å². The van der Waals surface area contributed by atoms with Gasteiger partial charge in [-0.15, -0.1) is 11.3 Å². The quantitative estimate of drug-likeness (QED) is 0.811. The summed E-state index contributed by atoms with van der Waals surface area (Å²) in [6.45, 7) is 4.56. The lowest BCUT2D eigenvalue weighted by molar-refractivity contribution is -0.125. The third-order valence-electron chi connectivity index (χ3n) is 3.02. The van der Waals surface area contributed by atoms with Crippen molar-refractivity contribution in [3.05, 3.63) is 16.6 Å². The summed E-state index contributed by atoms with van der Waals surface area (Å²) in [7, 11) is 0. The molecule has 2 atom stereocenters. The lowest BCUT2D eigenvalue weighted by Crippen LogP contribution is -2.35. The van der Waals surface area contributed by atoms with Gasteiger partial charge in [0, 0.05) is 24.9 Å². The molecule has 1 aliphatic heterocycles. The zero-order chi connectivity index (χ0) is 11.4. The molecule has 0 aliphatic carbocycles. The maximum Gasteiger partial charge on any atom is 0.224 e. The van der Waals surface area contributed by atoms with E-state index in [1.807, 2.05) is 10.9 Å². The number of carbonyl (C=O) groups is 1. The number of hydrogen-bond donors (Lipinski definition) is 2. The zero-order valence-electron chi connectivity index (χ0n) is 9.40. The van der Waals surface area contributed by atoms with Crippen molar-refractivity contribution in [3.63, 3.8) is 0 Å². The van der Waals surface area contributed by atoms with Crippen molar-refractivity contribution >= 4 is 17.2 Å². The van der Waals surface area contributed by atoms with E-state index >= 15 is 0 Å². The summed E-state index contributed by atoms with van der Waals surface area (Å²) in [5.41, 5.74) is 2.88. The summed E-state index contributed by atoms with van der Waals surface area (Å²) in [4.78, 5) is 16.0. The third kappa shape index (κ3) is 2.80. The molecule has 0 radical (unpaired) electrons. The molecule has 2 unspecified atom stereocenters. The van der Waals surface area contributed by atoms with Gasteiger partial charge in [-0.05, 0) is 12.5 Å². The highest BCUT2D eigenvalue weighted by Crippen LogP contribution is 2.15. The molecule has 0 saturated carbocycles. The monoisotopic (exact) mass is 239 g/mol. The highest BCUT2D eigenvalue weighted by molar-refractivity contribution is 7.07. The van der Waals surface area contributed by atoms with Gasteiger partial charge in [-0.1, -0.05) is 6.92 Å². The topological polar surface area (TPSA) is 54.0 Å². The Morgan fingerprint density at radius 1 is 1.69 bits per heavy atom. The fraction of sp³-hybridized carbons (Fsp3) is 0.636. The molecule has 2 N–H and O–H groups in total. The van der Waals surface area contributed by atoms with E-state index in [0.29, 0.717) is 12.5 Å². The van der Waals surface area contributed by atoms with E-state index in [1.54, 1.807) is 11.3 Å². The Morgan fingerprint density at radius 3 is 3.19 bits per heavy atom. The Hall–Kier alpha value is -0.940. The highest BCUT2D eigenvalue weighted by atomic mass is 32.1. The second-order valence-corrected chi connectivity index (χ2v) is 4.98. The number of rotatable bonds is 4. The van der Waals surface area contributed by atoms with Crippen molar-refractivity contribution in [1.82, 2.24) is 15.6 Å². The Bertz CT molecular complexity index is 339. The minimum Gasteiger partial charge on any atom is -0.355 e. The Balaban J connectivity index is 1.71. The standard InChI is InChI=1S/C11H17N3OS/c1-8-4-12-5-10(8)11(15)13-3-2-9-6-16-7-14-9/h6-8,10,12H,2-5H2,1H3,(H,13,15). The normalized spacial score (nSPS) is 24.6. The molecular weight excluding hydrogens is 222 g/mol. The van der Waals surface area contributed by atoms with Crippen LogP contribution in [-0.2, 0) is 11.2 Å². The lowest BCUT2D eigenvalue weighted by Gasteiger charge is -2.13. The van der Waals surface area contributed by atoms with E-state index in [-0.39, 0.29) is 11.8 Å². The van der Waals surface area contributed by atoms with Crippen molar-refractivity contribution < 1.29 is 4.79 Å². The van der Waals surface area contributed by atoms with Gasteiger partial charge in [-0.25, -0.2) is 4.98 Å². The van der Waals surface area contributed by atoms with Gasteiger partial charge in [0.1, 0.15) is 0 Å². The van der Waals surface area contributed by atoms with Crippen LogP contribution in [0.5, 0.6) is 0 Å². The number of hydrogen-bond acceptors (Lipinski definition) is 4. The smallest absolute Gasteiger partial charge is 0.224 e. The fourth-order valence-corrected chi connectivity index (χ4v) is 2.56. The first-order valence-corrected chi connectivity index (χ1v) is 6.57. The average molecular weight is 239 g/mol. The second-order valence-electron chi connectivity index (χ2n) is 4.26. The number of nitrogens with zero attached hydrogens (tertiary/aromatic N) is 1. The van der Waals surface area contributed by atoms with Crippen LogP contribution in [-0.4, -0.2) is 30.5 Å². The van der Waals surface area contributed by atoms with Crippen LogP contribution in [0.3, 0.4) is 0 Å². The van der Waals surface area contributed by atoms with Crippen LogP contribution in [0.2, 0.25) is 0 Å². The van der Waals surface area contributed by atoms with E-state index in [0.717, 1.165) is 25.2 Å². The average Bonchev–Trinajstić information content (AvgIpc) is 2.88. The van der Waals surface area contributed by atoms with E-state index in [4.69, 9.17) is 0 Å². The van der Waals surface area contributed by atoms with Gasteiger partial charge < -0.3 is 10.6 Å². The number of aromatic nitrogens is 1. The van der Waals surface area contributed by atoms with Crippen molar-refractivity contribution in [2.75, 3.05) is 19.6 Å². The van der Waals surface area contributed by atoms with Gasteiger partial charge >= 0.3 is 0 Å². The van der Waals surface area contributed by atoms with Crippen molar-refractivity contribution in [2.24, 2.45) is 11.8 Å². The maximum absolute atomic E-state index is 11.8. The molecule has 16 heavy (non-hydrogen) atoms. The number of thiazole rings is 1. The Morgan fingerprint density at radius 2 is 2.56 bits per heavy atom. The van der Waals surface area contributed by atoms with Crippen LogP contribution in [0.15, 0.2) is 10.9 Å². The summed E-state index contributed by atoms with van der Waals surface area (Å²) in [6.07, 6.45) is 0.823. The molecule has 0 bridgehead atoms. The van der Waals surface area contributed by atoms with Gasteiger partial charge in [0.05, 0.1) is 17.1 Å². The number of amides is 1. The molecule has 1 amide bonds. The number of nitrogens with one attached hydrogen (secondary N) is 2. The Kier molecular flexibility index (Phi) is 3.90. The van der Waals surface area contributed by atoms with Gasteiger partial charge in [0.2, 0.25) is 5.91 Å². The van der Waals surface area contributed by atoms with Crippen molar-refractivity contribution in [3.8, 4) is 0 Å². The second kappa shape index (κ2) is 5.41. The first kappa shape index (κ1) is 11.5. The summed E-state index contributed by atoms with van der Waals surface area (Å²) < 4.78 is 0. The lowest BCUT2D eigenvalue weighted by atomic mass is 9.97. The molecule has 1 aromatic heterocycles. The molecular formula is C11H17N3OS. The number of carbonyl (C=O) groups excluding carboxylic acids is 1. The van der Waals surface area contributed by atoms with Crippen LogP contribution in [0.4, 0.5) is 0 Å². The SMILES string of the molecule is CC1CNCC1C(=O)NCCc1cscn1. The largest absolute Gasteiger partial charge is 0.355 e. The van der Waals surface area contributed by atoms with Crippen LogP contribution >= 0.6 is 11.3 Å². The fourth-order valence-electron chi connectivity index (χ4n) is 1.97. The summed E-state index contributed by atoms with van der Waals surface area (Å²) in [5, 5.41) is 8.23. The summed E-state index contributed by atoms with van der Waals surface area (Å²) in [5.74, 6) is 0.752. The van der Waals surface area contributed by atoms with Crippen molar-refractivity contribution in [1.29, 1.82) is 0 Å². The minimum absolute atomic E-state index is 0.135. The van der Waals surface area contributed by atoms with E-state index in [1.165, 1.54) is 0 Å². The molecule has 1 saturated heterocycles. The van der Waals surface area contributed by atoms with Crippen molar-refractivity contribution in [2.45, 2.75) is 13.3 Å². The van der Waals surface area contributed by atoms with E-state index < -0.39 is 0 Å². The molecule has 2 heterocycles. The highest BCUT2D eigenvalue weighted by Gasteiger charge is 2.28. The van der Waals surface area contributed by atoms with Gasteiger partial charge in [0.25, 0.3) is 0 Å². The molecule has 1 fully saturated rings. The molecule has 0 aromatic carbocycles. The molecule has 5 heteroatoms. The zero-order valence-corrected chi connectivity index (χ0v) is 10.2. The van der Waals surface area contributed by atoms with Crippen LogP contribution in [0, 0.1) is 11.8 Å². The summed E-state index contributed by atoms with van der Waals surface area (Å²) >= 11 is 1.59. The Labute approximate surface area is 99.5 Å². The van der Waals surface area contributed by atoms with E-state index in [2.05, 4.69) is 22.5 Å². The first-order valence-electron chi connectivity index (χ1n) is 5.63. The van der Waals surface area contributed by atoms with Gasteiger partial charge in [-0.2, -0.15) is 0 Å².